The summed E-state index contributed by atoms with van der Waals surface area (Å²) in [7, 11) is 0. The van der Waals surface area contributed by atoms with E-state index in [1.807, 2.05) is 0 Å². The lowest BCUT2D eigenvalue weighted by Gasteiger charge is -2.21. The van der Waals surface area contributed by atoms with E-state index in [4.69, 9.17) is 4.74 Å². The number of nitrogens with one attached hydrogen (secondary N) is 1. The number of nitrogens with zero attached hydrogens (tertiary/aromatic N) is 1. The second-order valence-electron chi connectivity index (χ2n) is 5.17. The van der Waals surface area contributed by atoms with E-state index in [0.29, 0.717) is 12.3 Å². The summed E-state index contributed by atoms with van der Waals surface area (Å²) < 4.78 is 5.47. The minimum absolute atomic E-state index is 0.0319. The lowest BCUT2D eigenvalue weighted by molar-refractivity contribution is -0.903. The van der Waals surface area contributed by atoms with Crippen molar-refractivity contribution in [1.29, 1.82) is 0 Å². The van der Waals surface area contributed by atoms with E-state index in [1.165, 1.54) is 17.0 Å². The molecule has 0 unspecified atom stereocenters. The van der Waals surface area contributed by atoms with Gasteiger partial charge >= 0.3 is 0 Å². The second-order valence-corrected chi connectivity index (χ2v) is 5.17. The molecular formula is C15H25N2O4+. The summed E-state index contributed by atoms with van der Waals surface area (Å²) in [5.41, 5.74) is 0.0319. The number of hydrogen-bond donors (Lipinski definition) is 2. The van der Waals surface area contributed by atoms with Crippen LogP contribution in [0.25, 0.3) is 0 Å². The maximum Gasteiger partial charge on any atom is 0.269 e. The molecule has 0 aliphatic carbocycles. The molecule has 1 atom stereocenters. The Bertz CT molecular complexity index is 416. The van der Waals surface area contributed by atoms with Crippen LogP contribution in [0, 0.1) is 10.1 Å². The third kappa shape index (κ3) is 6.55. The van der Waals surface area contributed by atoms with Crippen LogP contribution in [-0.4, -0.2) is 42.4 Å². The summed E-state index contributed by atoms with van der Waals surface area (Å²) in [5, 5.41) is 20.6. The van der Waals surface area contributed by atoms with Crippen molar-refractivity contribution in [2.75, 3.05) is 26.2 Å². The van der Waals surface area contributed by atoms with Crippen molar-refractivity contribution in [2.24, 2.45) is 0 Å². The van der Waals surface area contributed by atoms with Crippen molar-refractivity contribution >= 4 is 5.69 Å². The molecular weight excluding hydrogens is 272 g/mol. The smallest absolute Gasteiger partial charge is 0.269 e. The SMILES string of the molecule is CCC[NH+](CCC)C[C@H](O)COc1ccc([N+](=O)[O-])cc1. The number of quaternary nitrogens is 1. The third-order valence-electron chi connectivity index (χ3n) is 3.22. The van der Waals surface area contributed by atoms with Crippen LogP contribution in [0.3, 0.4) is 0 Å². The van der Waals surface area contributed by atoms with Gasteiger partial charge in [0.1, 0.15) is 25.0 Å². The summed E-state index contributed by atoms with van der Waals surface area (Å²) in [6.45, 7) is 7.22. The summed E-state index contributed by atoms with van der Waals surface area (Å²) in [4.78, 5) is 11.5. The first kappa shape index (κ1) is 17.4. The third-order valence-corrected chi connectivity index (χ3v) is 3.22. The van der Waals surface area contributed by atoms with Crippen molar-refractivity contribution in [2.45, 2.75) is 32.8 Å². The molecule has 0 fully saturated rings. The number of hydrogen-bond acceptors (Lipinski definition) is 4. The number of rotatable bonds is 10. The van der Waals surface area contributed by atoms with Crippen LogP contribution in [0.1, 0.15) is 26.7 Å². The van der Waals surface area contributed by atoms with Crippen molar-refractivity contribution in [1.82, 2.24) is 0 Å². The molecule has 1 aromatic rings. The van der Waals surface area contributed by atoms with Gasteiger partial charge in [0.15, 0.2) is 0 Å². The van der Waals surface area contributed by atoms with Gasteiger partial charge in [0.25, 0.3) is 5.69 Å². The van der Waals surface area contributed by atoms with Gasteiger partial charge in [0, 0.05) is 12.1 Å². The lowest BCUT2D eigenvalue weighted by Crippen LogP contribution is -3.13. The molecule has 6 heteroatoms. The first-order chi connectivity index (χ1) is 10.1. The summed E-state index contributed by atoms with van der Waals surface area (Å²) in [5.74, 6) is 0.534. The fraction of sp³-hybridized carbons (Fsp3) is 0.600. The summed E-state index contributed by atoms with van der Waals surface area (Å²) >= 11 is 0. The van der Waals surface area contributed by atoms with Crippen molar-refractivity contribution in [3.63, 3.8) is 0 Å². The highest BCUT2D eigenvalue weighted by atomic mass is 16.6. The molecule has 118 valence electrons. The Morgan fingerprint density at radius 1 is 1.24 bits per heavy atom. The maximum atomic E-state index is 10.5. The minimum atomic E-state index is -0.534. The van der Waals surface area contributed by atoms with Gasteiger partial charge in [-0.1, -0.05) is 13.8 Å². The molecule has 0 bridgehead atoms. The fourth-order valence-corrected chi connectivity index (χ4v) is 2.28. The molecule has 0 aliphatic rings. The Morgan fingerprint density at radius 3 is 2.29 bits per heavy atom. The molecule has 0 spiro atoms. The van der Waals surface area contributed by atoms with E-state index in [2.05, 4.69) is 13.8 Å². The molecule has 6 nitrogen and oxygen atoms in total. The van der Waals surface area contributed by atoms with E-state index in [-0.39, 0.29) is 12.3 Å². The van der Waals surface area contributed by atoms with Gasteiger partial charge in [0.2, 0.25) is 0 Å². The van der Waals surface area contributed by atoms with E-state index in [1.54, 1.807) is 12.1 Å². The largest absolute Gasteiger partial charge is 0.491 e. The number of nitro benzene ring substituents is 1. The van der Waals surface area contributed by atoms with Crippen LogP contribution in [0.2, 0.25) is 0 Å². The zero-order valence-electron chi connectivity index (χ0n) is 12.7. The second kappa shape index (κ2) is 9.31. The lowest BCUT2D eigenvalue weighted by atomic mass is 10.3. The zero-order valence-corrected chi connectivity index (χ0v) is 12.7. The quantitative estimate of drug-likeness (QED) is 0.500. The number of ether oxygens (including phenoxy) is 1. The Hall–Kier alpha value is -1.66. The molecule has 2 N–H and O–H groups in total. The Labute approximate surface area is 125 Å². The van der Waals surface area contributed by atoms with Gasteiger partial charge in [-0.2, -0.15) is 0 Å². The van der Waals surface area contributed by atoms with Crippen LogP contribution in [0.5, 0.6) is 5.75 Å². The molecule has 0 aliphatic heterocycles. The predicted octanol–water partition coefficient (Wildman–Crippen LogP) is 1.04. The molecule has 21 heavy (non-hydrogen) atoms. The Balaban J connectivity index is 2.40. The van der Waals surface area contributed by atoms with Gasteiger partial charge in [-0.25, -0.2) is 0 Å². The molecule has 0 amide bonds. The standard InChI is InChI=1S/C15H24N2O4/c1-3-9-16(10-4-2)11-14(18)12-21-15-7-5-13(6-8-15)17(19)20/h5-8,14,18H,3-4,9-12H2,1-2H3/p+1/t14-/m0/s1. The number of aliphatic hydroxyl groups is 1. The van der Waals surface area contributed by atoms with Gasteiger partial charge < -0.3 is 14.7 Å². The summed E-state index contributed by atoms with van der Waals surface area (Å²) in [6.07, 6.45) is 1.64. The van der Waals surface area contributed by atoms with Crippen LogP contribution in [0.4, 0.5) is 5.69 Å². The van der Waals surface area contributed by atoms with Crippen LogP contribution in [0.15, 0.2) is 24.3 Å². The molecule has 0 aromatic heterocycles. The highest BCUT2D eigenvalue weighted by molar-refractivity contribution is 5.35. The molecule has 1 aromatic carbocycles. The monoisotopic (exact) mass is 297 g/mol. The number of benzene rings is 1. The number of aliphatic hydroxyl groups excluding tert-OH is 1. The Kier molecular flexibility index (Phi) is 7.71. The highest BCUT2D eigenvalue weighted by Crippen LogP contribution is 2.17. The Morgan fingerprint density at radius 2 is 1.81 bits per heavy atom. The summed E-state index contributed by atoms with van der Waals surface area (Å²) in [6, 6.07) is 5.89. The van der Waals surface area contributed by atoms with E-state index < -0.39 is 11.0 Å². The van der Waals surface area contributed by atoms with Crippen molar-refractivity contribution < 1.29 is 19.7 Å². The molecule has 0 radical (unpaired) electrons. The van der Waals surface area contributed by atoms with E-state index in [0.717, 1.165) is 25.9 Å². The molecule has 0 saturated heterocycles. The molecule has 0 saturated carbocycles. The van der Waals surface area contributed by atoms with Gasteiger partial charge in [0.05, 0.1) is 18.0 Å². The average molecular weight is 297 g/mol. The zero-order chi connectivity index (χ0) is 15.7. The topological polar surface area (TPSA) is 77.0 Å². The van der Waals surface area contributed by atoms with Gasteiger partial charge in [-0.3, -0.25) is 10.1 Å². The van der Waals surface area contributed by atoms with Crippen molar-refractivity contribution in [3.05, 3.63) is 34.4 Å². The van der Waals surface area contributed by atoms with Gasteiger partial charge in [-0.05, 0) is 25.0 Å². The van der Waals surface area contributed by atoms with Crippen LogP contribution in [-0.2, 0) is 0 Å². The molecule has 1 rings (SSSR count). The van der Waals surface area contributed by atoms with Gasteiger partial charge in [-0.15, -0.1) is 0 Å². The first-order valence-electron chi connectivity index (χ1n) is 7.45. The number of nitro groups is 1. The molecule has 0 heterocycles. The van der Waals surface area contributed by atoms with Crippen LogP contribution >= 0.6 is 0 Å². The van der Waals surface area contributed by atoms with E-state index >= 15 is 0 Å². The normalized spacial score (nSPS) is 12.4. The maximum absolute atomic E-state index is 10.5. The van der Waals surface area contributed by atoms with E-state index in [9.17, 15) is 15.2 Å². The minimum Gasteiger partial charge on any atom is -0.491 e. The van der Waals surface area contributed by atoms with Crippen molar-refractivity contribution in [3.8, 4) is 5.75 Å². The predicted molar refractivity (Wildman–Crippen MR) is 80.7 cm³/mol. The number of non-ortho nitro benzene ring substituents is 1. The first-order valence-corrected chi connectivity index (χ1v) is 7.45. The fourth-order valence-electron chi connectivity index (χ4n) is 2.28. The van der Waals surface area contributed by atoms with Crippen LogP contribution < -0.4 is 9.64 Å². The average Bonchev–Trinajstić information content (AvgIpc) is 2.46. The highest BCUT2D eigenvalue weighted by Gasteiger charge is 2.14.